The van der Waals surface area contributed by atoms with Gasteiger partial charge < -0.3 is 4.74 Å². The Kier molecular flexibility index (Phi) is 4.37. The van der Waals surface area contributed by atoms with Crippen molar-refractivity contribution in [2.45, 2.75) is 18.5 Å². The summed E-state index contributed by atoms with van der Waals surface area (Å²) < 4.78 is 42.6. The summed E-state index contributed by atoms with van der Waals surface area (Å²) in [4.78, 5) is 14.2. The first-order valence-electron chi connectivity index (χ1n) is 6.00. The summed E-state index contributed by atoms with van der Waals surface area (Å²) in [5.74, 6) is 0. The van der Waals surface area contributed by atoms with E-state index in [0.29, 0.717) is 16.5 Å². The Morgan fingerprint density at radius 1 is 1.43 bits per heavy atom. The zero-order valence-corrected chi connectivity index (χ0v) is 11.7. The fraction of sp³-hybridized carbons (Fsp3) is 0.286. The third-order valence-corrected chi connectivity index (χ3v) is 3.51. The molecule has 2 aromatic rings. The van der Waals surface area contributed by atoms with E-state index in [-0.39, 0.29) is 18.6 Å². The standard InChI is InChI=1S/C14H11ClF3NO2/c1-8-10-3-2-9(14(16,17)18)4-13(10)19-5-11(8)12(15)6-21-7-20/h2-5,7,12H,6H2,1H3. The van der Waals surface area contributed by atoms with Crippen LogP contribution < -0.4 is 0 Å². The van der Waals surface area contributed by atoms with Crippen LogP contribution in [0.1, 0.15) is 22.1 Å². The van der Waals surface area contributed by atoms with E-state index < -0.39 is 17.1 Å². The van der Waals surface area contributed by atoms with Gasteiger partial charge in [0, 0.05) is 11.6 Å². The van der Waals surface area contributed by atoms with Gasteiger partial charge in [0.2, 0.25) is 0 Å². The topological polar surface area (TPSA) is 39.2 Å². The highest BCUT2D eigenvalue weighted by molar-refractivity contribution is 6.21. The Labute approximate surface area is 123 Å². The van der Waals surface area contributed by atoms with Crippen molar-refractivity contribution in [2.24, 2.45) is 0 Å². The number of hydrogen-bond donors (Lipinski definition) is 0. The number of alkyl halides is 4. The van der Waals surface area contributed by atoms with Crippen LogP contribution in [0.2, 0.25) is 0 Å². The van der Waals surface area contributed by atoms with Gasteiger partial charge in [0.25, 0.3) is 6.47 Å². The van der Waals surface area contributed by atoms with Crippen molar-refractivity contribution >= 4 is 29.0 Å². The average molecular weight is 318 g/mol. The summed E-state index contributed by atoms with van der Waals surface area (Å²) in [5, 5.41) is -0.0216. The molecule has 0 saturated carbocycles. The molecule has 0 spiro atoms. The normalized spacial score (nSPS) is 13.2. The third-order valence-electron chi connectivity index (χ3n) is 3.15. The van der Waals surface area contributed by atoms with E-state index >= 15 is 0 Å². The van der Waals surface area contributed by atoms with Crippen molar-refractivity contribution in [3.63, 3.8) is 0 Å². The molecule has 0 amide bonds. The zero-order chi connectivity index (χ0) is 15.6. The Morgan fingerprint density at radius 3 is 2.76 bits per heavy atom. The summed E-state index contributed by atoms with van der Waals surface area (Å²) >= 11 is 6.09. The number of fused-ring (bicyclic) bond motifs is 1. The Hall–Kier alpha value is -1.82. The molecule has 1 atom stereocenters. The van der Waals surface area contributed by atoms with Gasteiger partial charge in [0.05, 0.1) is 16.5 Å². The van der Waals surface area contributed by atoms with Gasteiger partial charge in [-0.15, -0.1) is 11.6 Å². The van der Waals surface area contributed by atoms with E-state index in [9.17, 15) is 18.0 Å². The van der Waals surface area contributed by atoms with Crippen molar-refractivity contribution in [1.82, 2.24) is 4.98 Å². The molecule has 1 heterocycles. The molecule has 0 aliphatic carbocycles. The number of aromatic nitrogens is 1. The van der Waals surface area contributed by atoms with Crippen LogP contribution >= 0.6 is 11.6 Å². The van der Waals surface area contributed by atoms with Gasteiger partial charge in [-0.3, -0.25) is 9.78 Å². The van der Waals surface area contributed by atoms with E-state index in [1.165, 1.54) is 12.3 Å². The molecule has 0 aliphatic rings. The van der Waals surface area contributed by atoms with Gasteiger partial charge in [-0.2, -0.15) is 13.2 Å². The number of carbonyl (C=O) groups is 1. The maximum Gasteiger partial charge on any atom is 0.416 e. The van der Waals surface area contributed by atoms with Crippen LogP contribution in [-0.2, 0) is 15.7 Å². The fourth-order valence-electron chi connectivity index (χ4n) is 2.05. The van der Waals surface area contributed by atoms with Crippen molar-refractivity contribution in [1.29, 1.82) is 0 Å². The fourth-order valence-corrected chi connectivity index (χ4v) is 2.35. The first kappa shape index (κ1) is 15.6. The first-order valence-corrected chi connectivity index (χ1v) is 6.44. The Balaban J connectivity index is 2.46. The van der Waals surface area contributed by atoms with Crippen LogP contribution in [0.15, 0.2) is 24.4 Å². The van der Waals surface area contributed by atoms with Crippen molar-refractivity contribution in [2.75, 3.05) is 6.61 Å². The quantitative estimate of drug-likeness (QED) is 0.631. The largest absolute Gasteiger partial charge is 0.466 e. The molecule has 0 bridgehead atoms. The van der Waals surface area contributed by atoms with Gasteiger partial charge in [0.15, 0.2) is 0 Å². The minimum absolute atomic E-state index is 0.0281. The highest BCUT2D eigenvalue weighted by Crippen LogP contribution is 2.33. The molecule has 0 fully saturated rings. The number of benzene rings is 1. The lowest BCUT2D eigenvalue weighted by Gasteiger charge is -2.14. The lowest BCUT2D eigenvalue weighted by molar-refractivity contribution is -0.137. The summed E-state index contributed by atoms with van der Waals surface area (Å²) in [5.41, 5.74) is 0.821. The maximum absolute atomic E-state index is 12.7. The lowest BCUT2D eigenvalue weighted by Crippen LogP contribution is -2.06. The zero-order valence-electron chi connectivity index (χ0n) is 10.9. The highest BCUT2D eigenvalue weighted by Gasteiger charge is 2.30. The number of rotatable bonds is 4. The highest BCUT2D eigenvalue weighted by atomic mass is 35.5. The summed E-state index contributed by atoms with van der Waals surface area (Å²) in [6.45, 7) is 2.00. The summed E-state index contributed by atoms with van der Waals surface area (Å²) in [7, 11) is 0. The number of hydrogen-bond acceptors (Lipinski definition) is 3. The van der Waals surface area contributed by atoms with Crippen LogP contribution in [-0.4, -0.2) is 18.1 Å². The van der Waals surface area contributed by atoms with Crippen molar-refractivity contribution in [3.8, 4) is 0 Å². The average Bonchev–Trinajstić information content (AvgIpc) is 2.43. The number of carbonyl (C=O) groups excluding carboxylic acids is 1. The molecule has 21 heavy (non-hydrogen) atoms. The monoisotopic (exact) mass is 317 g/mol. The van der Waals surface area contributed by atoms with Gasteiger partial charge in [0.1, 0.15) is 6.61 Å². The van der Waals surface area contributed by atoms with E-state index in [1.807, 2.05) is 0 Å². The van der Waals surface area contributed by atoms with Crippen molar-refractivity contribution < 1.29 is 22.7 Å². The molecule has 1 aromatic carbocycles. The van der Waals surface area contributed by atoms with Gasteiger partial charge >= 0.3 is 6.18 Å². The number of halogens is 4. The Morgan fingerprint density at radius 2 is 2.14 bits per heavy atom. The Bertz CT molecular complexity index is 673. The molecule has 0 radical (unpaired) electrons. The van der Waals surface area contributed by atoms with Gasteiger partial charge in [-0.25, -0.2) is 0 Å². The smallest absolute Gasteiger partial charge is 0.416 e. The molecular formula is C14H11ClF3NO2. The SMILES string of the molecule is Cc1c(C(Cl)COC=O)cnc2cc(C(F)(F)F)ccc12. The van der Waals surface area contributed by atoms with E-state index in [0.717, 1.165) is 12.1 Å². The lowest BCUT2D eigenvalue weighted by atomic mass is 10.0. The summed E-state index contributed by atoms with van der Waals surface area (Å²) in [6.07, 6.45) is -3.00. The van der Waals surface area contributed by atoms with Crippen LogP contribution in [0.5, 0.6) is 0 Å². The molecule has 2 rings (SSSR count). The number of ether oxygens (including phenoxy) is 1. The second-order valence-electron chi connectivity index (χ2n) is 4.47. The molecule has 0 saturated heterocycles. The predicted molar refractivity (Wildman–Crippen MR) is 72.1 cm³/mol. The number of nitrogens with zero attached hydrogens (tertiary/aromatic N) is 1. The van der Waals surface area contributed by atoms with E-state index in [2.05, 4.69) is 9.72 Å². The van der Waals surface area contributed by atoms with E-state index in [4.69, 9.17) is 11.6 Å². The van der Waals surface area contributed by atoms with E-state index in [1.54, 1.807) is 6.92 Å². The predicted octanol–water partition coefficient (Wildman–Crippen LogP) is 4.01. The van der Waals surface area contributed by atoms with Crippen LogP contribution in [0.4, 0.5) is 13.2 Å². The second kappa shape index (κ2) is 5.89. The molecule has 0 aliphatic heterocycles. The summed E-state index contributed by atoms with van der Waals surface area (Å²) in [6, 6.07) is 3.37. The van der Waals surface area contributed by atoms with Crippen LogP contribution in [0, 0.1) is 6.92 Å². The van der Waals surface area contributed by atoms with Crippen molar-refractivity contribution in [3.05, 3.63) is 41.1 Å². The minimum atomic E-state index is -4.41. The van der Waals surface area contributed by atoms with Crippen LogP contribution in [0.25, 0.3) is 10.9 Å². The van der Waals surface area contributed by atoms with Gasteiger partial charge in [-0.1, -0.05) is 6.07 Å². The van der Waals surface area contributed by atoms with Crippen LogP contribution in [0.3, 0.4) is 0 Å². The molecular weight excluding hydrogens is 307 g/mol. The molecule has 1 unspecified atom stereocenters. The molecule has 0 N–H and O–H groups in total. The minimum Gasteiger partial charge on any atom is -0.466 e. The third kappa shape index (κ3) is 3.26. The number of aryl methyl sites for hydroxylation is 1. The molecule has 1 aromatic heterocycles. The first-order chi connectivity index (χ1) is 9.84. The van der Waals surface area contributed by atoms with Gasteiger partial charge in [-0.05, 0) is 30.2 Å². The molecule has 112 valence electrons. The second-order valence-corrected chi connectivity index (χ2v) is 4.99. The maximum atomic E-state index is 12.7. The molecule has 3 nitrogen and oxygen atoms in total. The molecule has 7 heteroatoms. The number of pyridine rings is 1.